The van der Waals surface area contributed by atoms with E-state index in [1.54, 1.807) is 51.1 Å². The van der Waals surface area contributed by atoms with Crippen molar-refractivity contribution >= 4 is 14.7 Å². The van der Waals surface area contributed by atoms with E-state index in [4.69, 9.17) is 14.5 Å². The Morgan fingerprint density at radius 2 is 1.84 bits per heavy atom. The van der Waals surface area contributed by atoms with E-state index in [1.807, 2.05) is 0 Å². The van der Waals surface area contributed by atoms with E-state index in [2.05, 4.69) is 4.52 Å². The molecule has 0 aliphatic carbocycles. The van der Waals surface area contributed by atoms with Crippen LogP contribution >= 0.6 is 8.69 Å². The fourth-order valence-electron chi connectivity index (χ4n) is 0.929. The number of carbonyl (C=O) groups excluding carboxylic acids is 1. The molecule has 1 unspecified atom stereocenters. The Morgan fingerprint density at radius 3 is 2.37 bits per heavy atom. The SMILES string of the molecule is CC(C)(C)C(=O)OC(OOc1ccccc1)OP=O. The van der Waals surface area contributed by atoms with E-state index in [-0.39, 0.29) is 0 Å². The standard InChI is InChI=1S/C12H15O6P/c1-12(2,3)10(13)15-11(18-19-14)17-16-9-7-5-4-6-8-9/h4-8,11H,1-3H3. The topological polar surface area (TPSA) is 71.1 Å². The van der Waals surface area contributed by atoms with Crippen molar-refractivity contribution in [2.75, 3.05) is 0 Å². The minimum atomic E-state index is -1.51. The molecule has 1 rings (SSSR count). The summed E-state index contributed by atoms with van der Waals surface area (Å²) in [5.74, 6) is -0.178. The van der Waals surface area contributed by atoms with E-state index in [0.29, 0.717) is 5.75 Å². The molecule has 0 heterocycles. The van der Waals surface area contributed by atoms with Gasteiger partial charge in [-0.05, 0) is 32.9 Å². The van der Waals surface area contributed by atoms with Gasteiger partial charge in [-0.2, -0.15) is 0 Å². The molecule has 0 aliphatic rings. The molecule has 0 aromatic heterocycles. The van der Waals surface area contributed by atoms with Gasteiger partial charge in [0.1, 0.15) is 0 Å². The molecule has 0 amide bonds. The number of rotatable bonds is 6. The van der Waals surface area contributed by atoms with Gasteiger partial charge in [0.15, 0.2) is 5.75 Å². The average molecular weight is 286 g/mol. The molecular formula is C12H15O6P. The first-order valence-corrected chi connectivity index (χ1v) is 6.24. The summed E-state index contributed by atoms with van der Waals surface area (Å²) in [5, 5.41) is 0. The monoisotopic (exact) mass is 286 g/mol. The van der Waals surface area contributed by atoms with Crippen LogP contribution in [0.25, 0.3) is 0 Å². The highest BCUT2D eigenvalue weighted by atomic mass is 31.1. The summed E-state index contributed by atoms with van der Waals surface area (Å²) in [6.45, 7) is 3.49. The van der Waals surface area contributed by atoms with Crippen LogP contribution in [-0.4, -0.2) is 12.4 Å². The number of benzene rings is 1. The summed E-state index contributed by atoms with van der Waals surface area (Å²) in [5.41, 5.74) is -0.739. The van der Waals surface area contributed by atoms with Gasteiger partial charge in [0.2, 0.25) is 0 Å². The Morgan fingerprint density at radius 1 is 1.21 bits per heavy atom. The van der Waals surface area contributed by atoms with Gasteiger partial charge in [-0.25, -0.2) is 9.09 Å². The summed E-state index contributed by atoms with van der Waals surface area (Å²) in [6, 6.07) is 8.55. The van der Waals surface area contributed by atoms with Crippen molar-refractivity contribution in [2.45, 2.75) is 27.2 Å². The van der Waals surface area contributed by atoms with Gasteiger partial charge in [0, 0.05) is 0 Å². The van der Waals surface area contributed by atoms with Gasteiger partial charge in [0.25, 0.3) is 0 Å². The number of ether oxygens (including phenoxy) is 1. The molecule has 0 aliphatic heterocycles. The Kier molecular flexibility index (Phi) is 5.89. The van der Waals surface area contributed by atoms with Gasteiger partial charge in [-0.1, -0.05) is 18.2 Å². The molecule has 7 heteroatoms. The average Bonchev–Trinajstić information content (AvgIpc) is 2.36. The third-order valence-electron chi connectivity index (χ3n) is 1.91. The van der Waals surface area contributed by atoms with Crippen molar-refractivity contribution in [1.82, 2.24) is 0 Å². The molecule has 0 radical (unpaired) electrons. The first-order chi connectivity index (χ1) is 8.93. The Bertz CT molecular complexity index is 414. The molecule has 0 fully saturated rings. The van der Waals surface area contributed by atoms with Crippen molar-refractivity contribution in [3.8, 4) is 5.75 Å². The lowest BCUT2D eigenvalue weighted by molar-refractivity contribution is -0.367. The van der Waals surface area contributed by atoms with Crippen LogP contribution in [0.2, 0.25) is 0 Å². The van der Waals surface area contributed by atoms with Crippen LogP contribution in [0, 0.1) is 5.41 Å². The maximum absolute atomic E-state index is 11.6. The van der Waals surface area contributed by atoms with Crippen LogP contribution in [0.1, 0.15) is 20.8 Å². The lowest BCUT2D eigenvalue weighted by Gasteiger charge is -2.20. The van der Waals surface area contributed by atoms with Crippen LogP contribution in [0.3, 0.4) is 0 Å². The zero-order chi connectivity index (χ0) is 14.3. The molecule has 1 aromatic rings. The Hall–Kier alpha value is -1.49. The van der Waals surface area contributed by atoms with Gasteiger partial charge in [-0.15, -0.1) is 4.89 Å². The minimum Gasteiger partial charge on any atom is -0.407 e. The van der Waals surface area contributed by atoms with E-state index in [1.165, 1.54) is 0 Å². The van der Waals surface area contributed by atoms with E-state index in [0.717, 1.165) is 0 Å². The lowest BCUT2D eigenvalue weighted by atomic mass is 9.98. The molecule has 0 spiro atoms. The zero-order valence-corrected chi connectivity index (χ0v) is 11.8. The number of hydrogen-bond acceptors (Lipinski definition) is 6. The van der Waals surface area contributed by atoms with Gasteiger partial charge in [0.05, 0.1) is 5.41 Å². The summed E-state index contributed by atoms with van der Waals surface area (Å²) in [4.78, 5) is 21.3. The third kappa shape index (κ3) is 5.79. The predicted molar refractivity (Wildman–Crippen MR) is 66.2 cm³/mol. The predicted octanol–water partition coefficient (Wildman–Crippen LogP) is 3.09. The summed E-state index contributed by atoms with van der Waals surface area (Å²) in [6.07, 6.45) is 0. The fourth-order valence-corrected chi connectivity index (χ4v) is 1.08. The first kappa shape index (κ1) is 15.6. The fraction of sp³-hybridized carbons (Fsp3) is 0.417. The molecule has 1 aromatic carbocycles. The summed E-state index contributed by atoms with van der Waals surface area (Å²) >= 11 is 0. The molecule has 6 nitrogen and oxygen atoms in total. The van der Waals surface area contributed by atoms with Gasteiger partial charge >= 0.3 is 21.1 Å². The van der Waals surface area contributed by atoms with E-state index in [9.17, 15) is 9.36 Å². The molecule has 0 N–H and O–H groups in total. The third-order valence-corrected chi connectivity index (χ3v) is 2.17. The molecule has 104 valence electrons. The van der Waals surface area contributed by atoms with Crippen LogP contribution in [0.15, 0.2) is 30.3 Å². The van der Waals surface area contributed by atoms with Crippen LogP contribution < -0.4 is 4.89 Å². The second kappa shape index (κ2) is 7.19. The maximum Gasteiger partial charge on any atom is 0.366 e. The molecule has 1 atom stereocenters. The molecular weight excluding hydrogens is 271 g/mol. The molecule has 0 saturated carbocycles. The second-order valence-electron chi connectivity index (χ2n) is 4.62. The van der Waals surface area contributed by atoms with E-state index >= 15 is 0 Å². The first-order valence-electron chi connectivity index (χ1n) is 5.51. The number of carbonyl (C=O) groups is 1. The number of para-hydroxylation sites is 1. The second-order valence-corrected chi connectivity index (χ2v) is 4.98. The molecule has 0 bridgehead atoms. The highest BCUT2D eigenvalue weighted by molar-refractivity contribution is 7.17. The lowest BCUT2D eigenvalue weighted by Crippen LogP contribution is -2.30. The van der Waals surface area contributed by atoms with E-state index < -0.39 is 26.5 Å². The smallest absolute Gasteiger partial charge is 0.366 e. The zero-order valence-electron chi connectivity index (χ0n) is 10.9. The quantitative estimate of drug-likeness (QED) is 0.263. The van der Waals surface area contributed by atoms with Gasteiger partial charge < -0.3 is 9.62 Å². The van der Waals surface area contributed by atoms with Crippen molar-refractivity contribution in [2.24, 2.45) is 5.41 Å². The highest BCUT2D eigenvalue weighted by Crippen LogP contribution is 2.19. The summed E-state index contributed by atoms with van der Waals surface area (Å²) in [7, 11) is -0.689. The van der Waals surface area contributed by atoms with Crippen molar-refractivity contribution in [3.05, 3.63) is 30.3 Å². The highest BCUT2D eigenvalue weighted by Gasteiger charge is 2.28. The van der Waals surface area contributed by atoms with Crippen LogP contribution in [-0.2, 0) is 23.5 Å². The molecule has 19 heavy (non-hydrogen) atoms. The number of esters is 1. The Balaban J connectivity index is 2.53. The largest absolute Gasteiger partial charge is 0.407 e. The molecule has 0 saturated heterocycles. The Labute approximate surface area is 112 Å². The van der Waals surface area contributed by atoms with Gasteiger partial charge in [-0.3, -0.25) is 4.79 Å². The maximum atomic E-state index is 11.6. The van der Waals surface area contributed by atoms with Crippen LogP contribution in [0.5, 0.6) is 5.75 Å². The summed E-state index contributed by atoms with van der Waals surface area (Å²) < 4.78 is 19.8. The van der Waals surface area contributed by atoms with Crippen molar-refractivity contribution in [1.29, 1.82) is 0 Å². The number of hydrogen-bond donors (Lipinski definition) is 0. The van der Waals surface area contributed by atoms with Crippen LogP contribution in [0.4, 0.5) is 0 Å². The van der Waals surface area contributed by atoms with Crippen molar-refractivity contribution < 1.29 is 28.4 Å². The normalized spacial score (nSPS) is 13.0. The van der Waals surface area contributed by atoms with Crippen molar-refractivity contribution in [3.63, 3.8) is 0 Å². The minimum absolute atomic E-state index is 0.394.